The van der Waals surface area contributed by atoms with E-state index in [0.29, 0.717) is 16.8 Å². The molecule has 1 aromatic heterocycles. The van der Waals surface area contributed by atoms with E-state index in [-0.39, 0.29) is 5.82 Å². The Bertz CT molecular complexity index is 507. The number of rotatable bonds is 2. The number of nitrogens with zero attached hydrogens (tertiary/aromatic N) is 2. The molecule has 0 amide bonds. The zero-order chi connectivity index (χ0) is 11.7. The number of hydrogen-bond donors (Lipinski definition) is 1. The van der Waals surface area contributed by atoms with Crippen LogP contribution in [-0.4, -0.2) is 14.9 Å². The summed E-state index contributed by atoms with van der Waals surface area (Å²) >= 11 is 0. The Kier molecular flexibility index (Phi) is 2.75. The Labute approximate surface area is 93.2 Å². The lowest BCUT2D eigenvalue weighted by atomic mass is 10.0. The SMILES string of the molecule is Cc1ccc(C(O)c2ccn(C)n2)cc1F. The molecule has 0 aliphatic heterocycles. The lowest BCUT2D eigenvalue weighted by molar-refractivity contribution is 0.214. The second kappa shape index (κ2) is 4.06. The number of benzene rings is 1. The van der Waals surface area contributed by atoms with E-state index in [1.807, 2.05) is 0 Å². The first-order chi connectivity index (χ1) is 7.58. The number of aryl methyl sites for hydroxylation is 2. The van der Waals surface area contributed by atoms with Gasteiger partial charge in [-0.3, -0.25) is 4.68 Å². The maximum absolute atomic E-state index is 13.3. The number of halogens is 1. The van der Waals surface area contributed by atoms with E-state index in [1.165, 1.54) is 6.07 Å². The molecule has 1 unspecified atom stereocenters. The fourth-order valence-corrected chi connectivity index (χ4v) is 1.53. The van der Waals surface area contributed by atoms with Gasteiger partial charge in [0.05, 0.1) is 5.69 Å². The predicted molar refractivity (Wildman–Crippen MR) is 58.4 cm³/mol. The number of hydrogen-bond acceptors (Lipinski definition) is 2. The molecule has 1 aromatic carbocycles. The van der Waals surface area contributed by atoms with Crippen molar-refractivity contribution in [2.24, 2.45) is 7.05 Å². The van der Waals surface area contributed by atoms with Gasteiger partial charge < -0.3 is 5.11 Å². The van der Waals surface area contributed by atoms with Crippen molar-refractivity contribution in [3.8, 4) is 0 Å². The van der Waals surface area contributed by atoms with Gasteiger partial charge in [0.15, 0.2) is 0 Å². The molecular formula is C12H13FN2O. The molecule has 1 heterocycles. The summed E-state index contributed by atoms with van der Waals surface area (Å²) in [4.78, 5) is 0. The van der Waals surface area contributed by atoms with E-state index in [2.05, 4.69) is 5.10 Å². The highest BCUT2D eigenvalue weighted by Crippen LogP contribution is 2.21. The molecular weight excluding hydrogens is 207 g/mol. The van der Waals surface area contributed by atoms with Gasteiger partial charge >= 0.3 is 0 Å². The highest BCUT2D eigenvalue weighted by atomic mass is 19.1. The Balaban J connectivity index is 2.33. The van der Waals surface area contributed by atoms with Crippen LogP contribution in [0.5, 0.6) is 0 Å². The molecule has 2 rings (SSSR count). The summed E-state index contributed by atoms with van der Waals surface area (Å²) in [5, 5.41) is 14.1. The van der Waals surface area contributed by atoms with Crippen molar-refractivity contribution in [3.05, 3.63) is 53.1 Å². The summed E-state index contributed by atoms with van der Waals surface area (Å²) in [5.41, 5.74) is 1.60. The summed E-state index contributed by atoms with van der Waals surface area (Å²) in [6, 6.07) is 6.41. The predicted octanol–water partition coefficient (Wildman–Crippen LogP) is 1.95. The van der Waals surface area contributed by atoms with Gasteiger partial charge in [-0.1, -0.05) is 12.1 Å². The molecule has 0 radical (unpaired) electrons. The fourth-order valence-electron chi connectivity index (χ4n) is 1.53. The van der Waals surface area contributed by atoms with Crippen LogP contribution in [0.2, 0.25) is 0 Å². The van der Waals surface area contributed by atoms with Gasteiger partial charge in [-0.05, 0) is 30.2 Å². The molecule has 84 valence electrons. The topological polar surface area (TPSA) is 38.0 Å². The van der Waals surface area contributed by atoms with Crippen molar-refractivity contribution >= 4 is 0 Å². The van der Waals surface area contributed by atoms with E-state index < -0.39 is 6.10 Å². The third-order valence-electron chi connectivity index (χ3n) is 2.53. The van der Waals surface area contributed by atoms with Crippen LogP contribution in [-0.2, 0) is 7.05 Å². The standard InChI is InChI=1S/C12H13FN2O/c1-8-3-4-9(7-10(8)13)12(16)11-5-6-15(2)14-11/h3-7,12,16H,1-2H3. The zero-order valence-corrected chi connectivity index (χ0v) is 9.18. The van der Waals surface area contributed by atoms with Gasteiger partial charge in [-0.2, -0.15) is 5.10 Å². The van der Waals surface area contributed by atoms with E-state index in [9.17, 15) is 9.50 Å². The van der Waals surface area contributed by atoms with Crippen LogP contribution >= 0.6 is 0 Å². The zero-order valence-electron chi connectivity index (χ0n) is 9.18. The number of aliphatic hydroxyl groups is 1. The Hall–Kier alpha value is -1.68. The summed E-state index contributed by atoms with van der Waals surface area (Å²) in [6.07, 6.45) is 0.861. The second-order valence-electron chi connectivity index (χ2n) is 3.83. The van der Waals surface area contributed by atoms with Gasteiger partial charge in [0.1, 0.15) is 11.9 Å². The molecule has 0 spiro atoms. The lowest BCUT2D eigenvalue weighted by Crippen LogP contribution is -2.02. The van der Waals surface area contributed by atoms with Crippen LogP contribution in [0.3, 0.4) is 0 Å². The molecule has 2 aromatic rings. The van der Waals surface area contributed by atoms with Crippen molar-refractivity contribution in [3.63, 3.8) is 0 Å². The molecule has 0 aliphatic rings. The molecule has 0 saturated carbocycles. The minimum absolute atomic E-state index is 0.313. The minimum atomic E-state index is -0.878. The van der Waals surface area contributed by atoms with Crippen LogP contribution in [0.4, 0.5) is 4.39 Å². The molecule has 0 fully saturated rings. The first-order valence-electron chi connectivity index (χ1n) is 5.01. The van der Waals surface area contributed by atoms with Crippen LogP contribution < -0.4 is 0 Å². The van der Waals surface area contributed by atoms with Gasteiger partial charge in [0.25, 0.3) is 0 Å². The van der Waals surface area contributed by atoms with Crippen molar-refractivity contribution in [1.82, 2.24) is 9.78 Å². The smallest absolute Gasteiger partial charge is 0.126 e. The van der Waals surface area contributed by atoms with Crippen molar-refractivity contribution in [2.45, 2.75) is 13.0 Å². The first kappa shape index (κ1) is 10.8. The van der Waals surface area contributed by atoms with E-state index >= 15 is 0 Å². The summed E-state index contributed by atoms with van der Waals surface area (Å²) in [5.74, 6) is -0.313. The van der Waals surface area contributed by atoms with Crippen LogP contribution in [0.15, 0.2) is 30.5 Å². The average Bonchev–Trinajstić information content (AvgIpc) is 2.68. The quantitative estimate of drug-likeness (QED) is 0.840. The third kappa shape index (κ3) is 1.97. The second-order valence-corrected chi connectivity index (χ2v) is 3.83. The minimum Gasteiger partial charge on any atom is -0.382 e. The number of aliphatic hydroxyl groups excluding tert-OH is 1. The highest BCUT2D eigenvalue weighted by molar-refractivity contribution is 5.29. The fraction of sp³-hybridized carbons (Fsp3) is 0.250. The highest BCUT2D eigenvalue weighted by Gasteiger charge is 2.14. The van der Waals surface area contributed by atoms with Crippen molar-refractivity contribution < 1.29 is 9.50 Å². The van der Waals surface area contributed by atoms with Crippen LogP contribution in [0.1, 0.15) is 22.9 Å². The van der Waals surface area contributed by atoms with Gasteiger partial charge in [-0.15, -0.1) is 0 Å². The van der Waals surface area contributed by atoms with Crippen LogP contribution in [0.25, 0.3) is 0 Å². The maximum atomic E-state index is 13.3. The normalized spacial score (nSPS) is 12.8. The average molecular weight is 220 g/mol. The Morgan fingerprint density at radius 3 is 2.69 bits per heavy atom. The molecule has 0 saturated heterocycles. The van der Waals surface area contributed by atoms with E-state index in [4.69, 9.17) is 0 Å². The Morgan fingerprint density at radius 1 is 1.38 bits per heavy atom. The molecule has 3 nitrogen and oxygen atoms in total. The molecule has 1 N–H and O–H groups in total. The van der Waals surface area contributed by atoms with Crippen molar-refractivity contribution in [1.29, 1.82) is 0 Å². The van der Waals surface area contributed by atoms with E-state index in [0.717, 1.165) is 0 Å². The lowest BCUT2D eigenvalue weighted by Gasteiger charge is -2.09. The molecule has 1 atom stereocenters. The maximum Gasteiger partial charge on any atom is 0.126 e. The monoisotopic (exact) mass is 220 g/mol. The first-order valence-corrected chi connectivity index (χ1v) is 5.01. The summed E-state index contributed by atoms with van der Waals surface area (Å²) in [6.45, 7) is 1.69. The van der Waals surface area contributed by atoms with Gasteiger partial charge in [0.2, 0.25) is 0 Å². The third-order valence-corrected chi connectivity index (χ3v) is 2.53. The molecule has 0 aliphatic carbocycles. The Morgan fingerprint density at radius 2 is 2.12 bits per heavy atom. The van der Waals surface area contributed by atoms with Gasteiger partial charge in [0, 0.05) is 13.2 Å². The molecule has 4 heteroatoms. The molecule has 0 bridgehead atoms. The summed E-state index contributed by atoms with van der Waals surface area (Å²) < 4.78 is 14.9. The summed E-state index contributed by atoms with van der Waals surface area (Å²) in [7, 11) is 1.77. The largest absolute Gasteiger partial charge is 0.382 e. The number of aromatic nitrogens is 2. The van der Waals surface area contributed by atoms with Gasteiger partial charge in [-0.25, -0.2) is 4.39 Å². The van der Waals surface area contributed by atoms with E-state index in [1.54, 1.807) is 43.0 Å². The molecule has 16 heavy (non-hydrogen) atoms. The van der Waals surface area contributed by atoms with Crippen LogP contribution in [0, 0.1) is 12.7 Å². The van der Waals surface area contributed by atoms with Crippen molar-refractivity contribution in [2.75, 3.05) is 0 Å².